The Hall–Kier alpha value is -0.550. The zero-order valence-electron chi connectivity index (χ0n) is 8.85. The van der Waals surface area contributed by atoms with Crippen LogP contribution in [0.15, 0.2) is 4.52 Å². The lowest BCUT2D eigenvalue weighted by molar-refractivity contribution is 0.140. The average Bonchev–Trinajstić information content (AvgIpc) is 2.99. The number of nitrogens with zero attached hydrogens (tertiary/aromatic N) is 2. The van der Waals surface area contributed by atoms with Crippen LogP contribution in [0.25, 0.3) is 0 Å². The third kappa shape index (κ3) is 3.21. The van der Waals surface area contributed by atoms with Crippen LogP contribution in [0.4, 0.5) is 0 Å². The summed E-state index contributed by atoms with van der Waals surface area (Å²) in [4.78, 5) is 4.24. The van der Waals surface area contributed by atoms with Gasteiger partial charge in [0.25, 0.3) is 0 Å². The molecule has 0 spiro atoms. The number of rotatable bonds is 6. The van der Waals surface area contributed by atoms with E-state index in [0.29, 0.717) is 18.2 Å². The molecular weight excluding hydrogens is 212 g/mol. The van der Waals surface area contributed by atoms with Gasteiger partial charge >= 0.3 is 0 Å². The summed E-state index contributed by atoms with van der Waals surface area (Å²) in [5.74, 6) is 3.61. The second-order valence-electron chi connectivity index (χ2n) is 3.85. The lowest BCUT2D eigenvalue weighted by atomic mass is 10.2. The fourth-order valence-electron chi connectivity index (χ4n) is 1.45. The van der Waals surface area contributed by atoms with Gasteiger partial charge in [-0.1, -0.05) is 12.1 Å². The molecule has 0 aliphatic heterocycles. The maximum Gasteiger partial charge on any atom is 0.229 e. The van der Waals surface area contributed by atoms with Crippen molar-refractivity contribution in [1.82, 2.24) is 10.1 Å². The minimum atomic E-state index is -0.294. The molecule has 1 aromatic heterocycles. The van der Waals surface area contributed by atoms with Crippen molar-refractivity contribution in [1.29, 1.82) is 0 Å². The average molecular weight is 228 g/mol. The van der Waals surface area contributed by atoms with E-state index in [4.69, 9.17) is 4.52 Å². The van der Waals surface area contributed by atoms with Crippen molar-refractivity contribution in [3.63, 3.8) is 0 Å². The zero-order valence-corrected chi connectivity index (χ0v) is 9.66. The van der Waals surface area contributed by atoms with Gasteiger partial charge in [-0.25, -0.2) is 0 Å². The van der Waals surface area contributed by atoms with Crippen molar-refractivity contribution in [2.45, 2.75) is 38.0 Å². The van der Waals surface area contributed by atoms with Gasteiger partial charge in [0.15, 0.2) is 5.82 Å². The SMILES string of the molecule is CCSCc1noc(CC(O)C2CC2)n1. The normalized spacial score (nSPS) is 18.0. The van der Waals surface area contributed by atoms with E-state index >= 15 is 0 Å². The van der Waals surface area contributed by atoms with Crippen molar-refractivity contribution < 1.29 is 9.63 Å². The summed E-state index contributed by atoms with van der Waals surface area (Å²) in [7, 11) is 0. The fourth-order valence-corrected chi connectivity index (χ4v) is 1.96. The van der Waals surface area contributed by atoms with E-state index in [1.54, 1.807) is 11.8 Å². The number of aliphatic hydroxyl groups is 1. The largest absolute Gasteiger partial charge is 0.392 e. The first kappa shape index (κ1) is 11.0. The highest BCUT2D eigenvalue weighted by Crippen LogP contribution is 2.33. The smallest absolute Gasteiger partial charge is 0.229 e. The summed E-state index contributed by atoms with van der Waals surface area (Å²) < 4.78 is 5.08. The molecule has 1 aliphatic rings. The van der Waals surface area contributed by atoms with Crippen LogP contribution in [-0.4, -0.2) is 27.1 Å². The van der Waals surface area contributed by atoms with Crippen LogP contribution >= 0.6 is 11.8 Å². The van der Waals surface area contributed by atoms with Gasteiger partial charge in [0.1, 0.15) is 0 Å². The maximum atomic E-state index is 9.69. The van der Waals surface area contributed by atoms with E-state index in [2.05, 4.69) is 17.1 Å². The molecule has 5 heteroatoms. The lowest BCUT2D eigenvalue weighted by Gasteiger charge is -2.03. The van der Waals surface area contributed by atoms with Crippen LogP contribution in [0.5, 0.6) is 0 Å². The quantitative estimate of drug-likeness (QED) is 0.802. The van der Waals surface area contributed by atoms with E-state index in [1.807, 2.05) is 0 Å². The van der Waals surface area contributed by atoms with Gasteiger partial charge in [-0.15, -0.1) is 0 Å². The van der Waals surface area contributed by atoms with E-state index in [9.17, 15) is 5.11 Å². The molecule has 1 aromatic rings. The maximum absolute atomic E-state index is 9.69. The Morgan fingerprint density at radius 2 is 2.40 bits per heavy atom. The Labute approximate surface area is 93.4 Å². The Kier molecular flexibility index (Phi) is 3.64. The summed E-state index contributed by atoms with van der Waals surface area (Å²) in [5, 5.41) is 13.6. The van der Waals surface area contributed by atoms with E-state index in [-0.39, 0.29) is 6.10 Å². The van der Waals surface area contributed by atoms with E-state index in [0.717, 1.165) is 30.2 Å². The molecule has 2 rings (SSSR count). The van der Waals surface area contributed by atoms with Gasteiger partial charge in [-0.3, -0.25) is 0 Å². The van der Waals surface area contributed by atoms with Gasteiger partial charge in [0.05, 0.1) is 18.3 Å². The second kappa shape index (κ2) is 4.99. The van der Waals surface area contributed by atoms with Gasteiger partial charge in [-0.05, 0) is 24.5 Å². The highest BCUT2D eigenvalue weighted by Gasteiger charge is 2.30. The molecule has 15 heavy (non-hydrogen) atoms. The molecule has 0 aromatic carbocycles. The monoisotopic (exact) mass is 228 g/mol. The van der Waals surface area contributed by atoms with Crippen molar-refractivity contribution in [2.75, 3.05) is 5.75 Å². The van der Waals surface area contributed by atoms with Gasteiger partial charge in [0, 0.05) is 0 Å². The van der Waals surface area contributed by atoms with Crippen LogP contribution < -0.4 is 0 Å². The first-order chi connectivity index (χ1) is 7.29. The third-order valence-corrected chi connectivity index (χ3v) is 3.37. The summed E-state index contributed by atoms with van der Waals surface area (Å²) in [6, 6.07) is 0. The third-order valence-electron chi connectivity index (χ3n) is 2.50. The number of hydrogen-bond donors (Lipinski definition) is 1. The molecule has 1 atom stereocenters. The number of aliphatic hydroxyl groups excluding tert-OH is 1. The molecule has 1 aliphatic carbocycles. The topological polar surface area (TPSA) is 59.2 Å². The van der Waals surface area contributed by atoms with Gasteiger partial charge in [0.2, 0.25) is 5.89 Å². The minimum Gasteiger partial charge on any atom is -0.392 e. The number of hydrogen-bond acceptors (Lipinski definition) is 5. The highest BCUT2D eigenvalue weighted by atomic mass is 32.2. The molecule has 0 saturated heterocycles. The molecule has 1 saturated carbocycles. The van der Waals surface area contributed by atoms with Crippen molar-refractivity contribution in [3.05, 3.63) is 11.7 Å². The molecule has 0 radical (unpaired) electrons. The zero-order chi connectivity index (χ0) is 10.7. The van der Waals surface area contributed by atoms with Crippen LogP contribution in [0.2, 0.25) is 0 Å². The molecule has 1 heterocycles. The fraction of sp³-hybridized carbons (Fsp3) is 0.800. The van der Waals surface area contributed by atoms with Crippen LogP contribution in [0.1, 0.15) is 31.5 Å². The van der Waals surface area contributed by atoms with Crippen molar-refractivity contribution in [3.8, 4) is 0 Å². The Bertz CT molecular complexity index is 312. The van der Waals surface area contributed by atoms with Crippen LogP contribution in [0.3, 0.4) is 0 Å². The second-order valence-corrected chi connectivity index (χ2v) is 5.12. The first-order valence-corrected chi connectivity index (χ1v) is 6.52. The highest BCUT2D eigenvalue weighted by molar-refractivity contribution is 7.98. The van der Waals surface area contributed by atoms with Crippen LogP contribution in [0, 0.1) is 5.92 Å². The predicted molar refractivity (Wildman–Crippen MR) is 58.6 cm³/mol. The number of aromatic nitrogens is 2. The summed E-state index contributed by atoms with van der Waals surface area (Å²) in [6.07, 6.45) is 2.48. The molecule has 1 fully saturated rings. The minimum absolute atomic E-state index is 0.294. The standard InChI is InChI=1S/C10H16N2O2S/c1-2-15-6-9-11-10(14-12-9)5-8(13)7-3-4-7/h7-8,13H,2-6H2,1H3. The van der Waals surface area contributed by atoms with Gasteiger partial charge < -0.3 is 9.63 Å². The Balaban J connectivity index is 1.83. The molecule has 84 valence electrons. The summed E-state index contributed by atoms with van der Waals surface area (Å²) in [6.45, 7) is 2.10. The van der Waals surface area contributed by atoms with Gasteiger partial charge in [-0.2, -0.15) is 16.7 Å². The summed E-state index contributed by atoms with van der Waals surface area (Å²) in [5.41, 5.74) is 0. The Morgan fingerprint density at radius 3 is 3.07 bits per heavy atom. The van der Waals surface area contributed by atoms with Crippen molar-refractivity contribution >= 4 is 11.8 Å². The molecule has 4 nitrogen and oxygen atoms in total. The lowest BCUT2D eigenvalue weighted by Crippen LogP contribution is -2.12. The molecule has 0 amide bonds. The molecule has 0 bridgehead atoms. The molecular formula is C10H16N2O2S. The van der Waals surface area contributed by atoms with E-state index < -0.39 is 0 Å². The molecule has 1 N–H and O–H groups in total. The number of thioether (sulfide) groups is 1. The van der Waals surface area contributed by atoms with E-state index in [1.165, 1.54) is 0 Å². The molecule has 1 unspecified atom stereocenters. The predicted octanol–water partition coefficient (Wildman–Crippen LogP) is 1.64. The van der Waals surface area contributed by atoms with Crippen molar-refractivity contribution in [2.24, 2.45) is 5.92 Å². The first-order valence-electron chi connectivity index (χ1n) is 5.37. The Morgan fingerprint density at radius 1 is 1.60 bits per heavy atom. The van der Waals surface area contributed by atoms with Crippen LogP contribution in [-0.2, 0) is 12.2 Å². The summed E-state index contributed by atoms with van der Waals surface area (Å²) >= 11 is 1.76.